The number of rotatable bonds is 3. The first-order valence-corrected chi connectivity index (χ1v) is 5.18. The Labute approximate surface area is 91.0 Å². The van der Waals surface area contributed by atoms with Crippen LogP contribution in [0.5, 0.6) is 0 Å². The predicted molar refractivity (Wildman–Crippen MR) is 61.5 cm³/mol. The molecule has 0 aliphatic heterocycles. The van der Waals surface area contributed by atoms with Crippen molar-refractivity contribution in [1.82, 2.24) is 0 Å². The van der Waals surface area contributed by atoms with E-state index in [0.717, 1.165) is 17.6 Å². The Hall–Kier alpha value is -1.15. The van der Waals surface area contributed by atoms with Crippen LogP contribution in [-0.2, 0) is 4.79 Å². The van der Waals surface area contributed by atoms with E-state index in [2.05, 4.69) is 19.9 Å². The van der Waals surface area contributed by atoms with Crippen LogP contribution in [0.3, 0.4) is 0 Å². The highest BCUT2D eigenvalue weighted by Crippen LogP contribution is 2.37. The molecule has 0 saturated carbocycles. The largest absolute Gasteiger partial charge is 0.392 e. The van der Waals surface area contributed by atoms with Crippen LogP contribution in [0.1, 0.15) is 27.2 Å². The number of hydrogen-bond donors (Lipinski definition) is 1. The maximum absolute atomic E-state index is 11.9. The molecule has 0 aromatic rings. The molecule has 0 bridgehead atoms. The van der Waals surface area contributed by atoms with Gasteiger partial charge in [0.1, 0.15) is 0 Å². The zero-order valence-corrected chi connectivity index (χ0v) is 9.58. The molecule has 0 amide bonds. The zero-order valence-electron chi connectivity index (χ0n) is 9.58. The second-order valence-electron chi connectivity index (χ2n) is 4.50. The molecule has 15 heavy (non-hydrogen) atoms. The van der Waals surface area contributed by atoms with Crippen molar-refractivity contribution < 1.29 is 9.90 Å². The third-order valence-electron chi connectivity index (χ3n) is 2.69. The van der Waals surface area contributed by atoms with E-state index in [4.69, 9.17) is 5.11 Å². The minimum absolute atomic E-state index is 0.0101. The van der Waals surface area contributed by atoms with E-state index in [9.17, 15) is 4.79 Å². The van der Waals surface area contributed by atoms with Gasteiger partial charge in [0.25, 0.3) is 0 Å². The minimum atomic E-state index is -0.101. The summed E-state index contributed by atoms with van der Waals surface area (Å²) in [6.07, 6.45) is 7.92. The van der Waals surface area contributed by atoms with E-state index in [-0.39, 0.29) is 17.8 Å². The van der Waals surface area contributed by atoms with Gasteiger partial charge in [0.2, 0.25) is 0 Å². The summed E-state index contributed by atoms with van der Waals surface area (Å²) in [5.41, 5.74) is 1.78. The van der Waals surface area contributed by atoms with Crippen molar-refractivity contribution in [3.05, 3.63) is 35.5 Å². The lowest BCUT2D eigenvalue weighted by molar-refractivity contribution is -0.112. The van der Waals surface area contributed by atoms with Gasteiger partial charge in [0.15, 0.2) is 5.78 Å². The van der Waals surface area contributed by atoms with Crippen molar-refractivity contribution in [2.75, 3.05) is 6.61 Å². The van der Waals surface area contributed by atoms with Gasteiger partial charge in [0, 0.05) is 5.57 Å². The fourth-order valence-corrected chi connectivity index (χ4v) is 2.02. The summed E-state index contributed by atoms with van der Waals surface area (Å²) in [5, 5.41) is 8.64. The molecule has 0 atom stereocenters. The molecule has 0 fully saturated rings. The Balaban J connectivity index is 3.04. The summed E-state index contributed by atoms with van der Waals surface area (Å²) in [7, 11) is 0. The van der Waals surface area contributed by atoms with Crippen molar-refractivity contribution in [1.29, 1.82) is 0 Å². The van der Waals surface area contributed by atoms with Gasteiger partial charge in [0.05, 0.1) is 6.61 Å². The molecule has 0 aromatic heterocycles. The van der Waals surface area contributed by atoms with Gasteiger partial charge in [-0.1, -0.05) is 32.1 Å². The highest BCUT2D eigenvalue weighted by Gasteiger charge is 2.29. The first-order chi connectivity index (χ1) is 6.99. The van der Waals surface area contributed by atoms with E-state index in [1.54, 1.807) is 0 Å². The molecule has 1 N–H and O–H groups in total. The predicted octanol–water partition coefficient (Wildman–Crippen LogP) is 2.41. The van der Waals surface area contributed by atoms with E-state index < -0.39 is 0 Å². The van der Waals surface area contributed by atoms with Crippen molar-refractivity contribution in [3.8, 4) is 0 Å². The van der Waals surface area contributed by atoms with Gasteiger partial charge in [-0.15, -0.1) is 0 Å². The lowest BCUT2D eigenvalue weighted by Crippen LogP contribution is -2.23. The standard InChI is InChI=1S/C13H18O2/c1-10-6-4-8-13(2,3)12(10)11(15)7-5-9-14/h4-7,14H,8-9H2,1-3H3/b7-5+. The first-order valence-electron chi connectivity index (χ1n) is 5.18. The third-order valence-corrected chi connectivity index (χ3v) is 2.69. The van der Waals surface area contributed by atoms with Gasteiger partial charge >= 0.3 is 0 Å². The molecule has 0 unspecified atom stereocenters. The van der Waals surface area contributed by atoms with Crippen LogP contribution >= 0.6 is 0 Å². The minimum Gasteiger partial charge on any atom is -0.392 e. The van der Waals surface area contributed by atoms with Crippen molar-refractivity contribution >= 4 is 5.78 Å². The molecule has 1 aliphatic rings. The van der Waals surface area contributed by atoms with Crippen LogP contribution in [0.4, 0.5) is 0 Å². The molecule has 0 saturated heterocycles. The fourth-order valence-electron chi connectivity index (χ4n) is 2.02. The number of aliphatic hydroxyl groups is 1. The Morgan fingerprint density at radius 3 is 2.80 bits per heavy atom. The number of carbonyl (C=O) groups is 1. The molecule has 0 radical (unpaired) electrons. The topological polar surface area (TPSA) is 37.3 Å². The smallest absolute Gasteiger partial charge is 0.182 e. The molecule has 0 aromatic carbocycles. The first kappa shape index (κ1) is 11.9. The van der Waals surface area contributed by atoms with Gasteiger partial charge in [-0.3, -0.25) is 4.79 Å². The normalized spacial score (nSPS) is 20.0. The summed E-state index contributed by atoms with van der Waals surface area (Å²) >= 11 is 0. The summed E-state index contributed by atoms with van der Waals surface area (Å²) in [6.45, 7) is 6.01. The second-order valence-corrected chi connectivity index (χ2v) is 4.50. The molecule has 2 nitrogen and oxygen atoms in total. The molecule has 2 heteroatoms. The third kappa shape index (κ3) is 2.66. The molecule has 0 heterocycles. The van der Waals surface area contributed by atoms with Gasteiger partial charge in [-0.05, 0) is 30.4 Å². The quantitative estimate of drug-likeness (QED) is 0.720. The van der Waals surface area contributed by atoms with Gasteiger partial charge in [-0.2, -0.15) is 0 Å². The lowest BCUT2D eigenvalue weighted by Gasteiger charge is -2.29. The Morgan fingerprint density at radius 1 is 1.60 bits per heavy atom. The number of carbonyl (C=O) groups excluding carboxylic acids is 1. The fraction of sp³-hybridized carbons (Fsp3) is 0.462. The SMILES string of the molecule is CC1=C(C(=O)/C=C/CO)C(C)(C)CC=C1. The van der Waals surface area contributed by atoms with Crippen LogP contribution in [0.2, 0.25) is 0 Å². The maximum atomic E-state index is 11.9. The molecular weight excluding hydrogens is 188 g/mol. The molecular formula is C13H18O2. The van der Waals surface area contributed by atoms with Crippen molar-refractivity contribution in [2.45, 2.75) is 27.2 Å². The summed E-state index contributed by atoms with van der Waals surface area (Å²) < 4.78 is 0. The Bertz CT molecular complexity index is 344. The van der Waals surface area contributed by atoms with Crippen LogP contribution < -0.4 is 0 Å². The Kier molecular flexibility index (Phi) is 3.64. The van der Waals surface area contributed by atoms with E-state index in [1.807, 2.05) is 13.0 Å². The van der Waals surface area contributed by atoms with E-state index in [0.29, 0.717) is 0 Å². The number of ketones is 1. The monoisotopic (exact) mass is 206 g/mol. The van der Waals surface area contributed by atoms with E-state index >= 15 is 0 Å². The van der Waals surface area contributed by atoms with Crippen LogP contribution in [0.25, 0.3) is 0 Å². The Morgan fingerprint density at radius 2 is 2.27 bits per heavy atom. The number of allylic oxidation sites excluding steroid dienone is 5. The summed E-state index contributed by atoms with van der Waals surface area (Å²) in [5.74, 6) is 0.0101. The van der Waals surface area contributed by atoms with Crippen LogP contribution in [0, 0.1) is 5.41 Å². The summed E-state index contributed by atoms with van der Waals surface area (Å²) in [4.78, 5) is 11.9. The molecule has 1 aliphatic carbocycles. The summed E-state index contributed by atoms with van der Waals surface area (Å²) in [6, 6.07) is 0. The second kappa shape index (κ2) is 4.58. The van der Waals surface area contributed by atoms with E-state index in [1.165, 1.54) is 12.2 Å². The molecule has 0 spiro atoms. The molecule has 82 valence electrons. The van der Waals surface area contributed by atoms with Gasteiger partial charge in [-0.25, -0.2) is 0 Å². The number of hydrogen-bond acceptors (Lipinski definition) is 2. The average Bonchev–Trinajstić information content (AvgIpc) is 2.13. The average molecular weight is 206 g/mol. The van der Waals surface area contributed by atoms with Crippen molar-refractivity contribution in [2.24, 2.45) is 5.41 Å². The lowest BCUT2D eigenvalue weighted by atomic mass is 9.74. The maximum Gasteiger partial charge on any atom is 0.182 e. The highest BCUT2D eigenvalue weighted by atomic mass is 16.2. The zero-order chi connectivity index (χ0) is 11.5. The van der Waals surface area contributed by atoms with Crippen molar-refractivity contribution in [3.63, 3.8) is 0 Å². The van der Waals surface area contributed by atoms with Crippen LogP contribution in [-0.4, -0.2) is 17.5 Å². The highest BCUT2D eigenvalue weighted by molar-refractivity contribution is 6.05. The van der Waals surface area contributed by atoms with Crippen LogP contribution in [0.15, 0.2) is 35.5 Å². The number of aliphatic hydroxyl groups excluding tert-OH is 1. The molecule has 1 rings (SSSR count). The van der Waals surface area contributed by atoms with Gasteiger partial charge < -0.3 is 5.11 Å².